The largest absolute Gasteiger partial charge is 0.387 e. The molecule has 1 atom stereocenters. The number of carbonyl (C=O) groups is 1. The molecule has 0 saturated carbocycles. The number of halogens is 3. The van der Waals surface area contributed by atoms with Gasteiger partial charge in [0.1, 0.15) is 0 Å². The van der Waals surface area contributed by atoms with Crippen molar-refractivity contribution >= 4 is 11.7 Å². The molecular formula is C19H17F3N4O2. The van der Waals surface area contributed by atoms with Crippen molar-refractivity contribution in [1.82, 2.24) is 20.5 Å². The van der Waals surface area contributed by atoms with Gasteiger partial charge in [-0.1, -0.05) is 5.59 Å². The summed E-state index contributed by atoms with van der Waals surface area (Å²) >= 11 is 0. The number of hydrogen-bond acceptors (Lipinski definition) is 5. The van der Waals surface area contributed by atoms with Crippen LogP contribution in [-0.2, 0) is 4.84 Å². The van der Waals surface area contributed by atoms with Crippen molar-refractivity contribution in [2.24, 2.45) is 0 Å². The standard InChI is InChI=1S/C19H17F3N4O2/c20-15-4-3-12(8-16(15)21)19(27)25-7-1-2-13(10-25)26-11-18(28-24-26)14-5-6-23-9-17(14)22/h3-6,8-9,11,13,24H,1-2,7,10H2/t13-/m0/s1. The number of benzene rings is 1. The van der Waals surface area contributed by atoms with E-state index in [-0.39, 0.29) is 23.1 Å². The van der Waals surface area contributed by atoms with Crippen LogP contribution in [0.3, 0.4) is 0 Å². The van der Waals surface area contributed by atoms with E-state index in [0.29, 0.717) is 18.8 Å². The van der Waals surface area contributed by atoms with Gasteiger partial charge in [-0.05, 0) is 37.1 Å². The lowest BCUT2D eigenvalue weighted by molar-refractivity contribution is -0.00252. The Morgan fingerprint density at radius 2 is 2.04 bits per heavy atom. The Hall–Kier alpha value is -3.07. The second-order valence-electron chi connectivity index (χ2n) is 6.63. The summed E-state index contributed by atoms with van der Waals surface area (Å²) in [6.07, 6.45) is 5.71. The van der Waals surface area contributed by atoms with Crippen molar-refractivity contribution in [3.05, 3.63) is 71.4 Å². The molecule has 0 unspecified atom stereocenters. The van der Waals surface area contributed by atoms with Gasteiger partial charge in [0.25, 0.3) is 5.91 Å². The van der Waals surface area contributed by atoms with Crippen LogP contribution in [0.4, 0.5) is 13.2 Å². The molecule has 0 radical (unpaired) electrons. The van der Waals surface area contributed by atoms with Crippen LogP contribution in [0.25, 0.3) is 5.76 Å². The molecule has 1 saturated heterocycles. The molecule has 0 aliphatic carbocycles. The van der Waals surface area contributed by atoms with Gasteiger partial charge in [0, 0.05) is 24.8 Å². The second kappa shape index (κ2) is 7.51. The lowest BCUT2D eigenvalue weighted by atomic mass is 10.0. The molecular weight excluding hydrogens is 373 g/mol. The van der Waals surface area contributed by atoms with Gasteiger partial charge >= 0.3 is 0 Å². The number of piperidine rings is 1. The van der Waals surface area contributed by atoms with Crippen LogP contribution in [0, 0.1) is 17.5 Å². The molecule has 1 aromatic heterocycles. The molecule has 1 aromatic carbocycles. The zero-order chi connectivity index (χ0) is 19.7. The first kappa shape index (κ1) is 18.3. The van der Waals surface area contributed by atoms with Crippen LogP contribution in [0.5, 0.6) is 0 Å². The fraction of sp³-hybridized carbons (Fsp3) is 0.263. The monoisotopic (exact) mass is 390 g/mol. The first-order valence-electron chi connectivity index (χ1n) is 8.80. The summed E-state index contributed by atoms with van der Waals surface area (Å²) in [4.78, 5) is 23.3. The summed E-state index contributed by atoms with van der Waals surface area (Å²) < 4.78 is 40.4. The molecule has 1 N–H and O–H groups in total. The molecule has 0 spiro atoms. The van der Waals surface area contributed by atoms with Crippen molar-refractivity contribution in [3.63, 3.8) is 0 Å². The van der Waals surface area contributed by atoms with Crippen LogP contribution >= 0.6 is 0 Å². The maximum atomic E-state index is 13.9. The van der Waals surface area contributed by atoms with Crippen LogP contribution in [-0.4, -0.2) is 39.9 Å². The van der Waals surface area contributed by atoms with Gasteiger partial charge in [-0.25, -0.2) is 13.2 Å². The van der Waals surface area contributed by atoms with Crippen molar-refractivity contribution in [2.45, 2.75) is 18.9 Å². The number of aromatic nitrogens is 1. The molecule has 28 heavy (non-hydrogen) atoms. The van der Waals surface area contributed by atoms with E-state index in [1.165, 1.54) is 18.3 Å². The molecule has 0 bridgehead atoms. The Morgan fingerprint density at radius 1 is 1.18 bits per heavy atom. The normalized spacial score (nSPS) is 19.4. The lowest BCUT2D eigenvalue weighted by Gasteiger charge is -2.36. The van der Waals surface area contributed by atoms with Crippen molar-refractivity contribution in [2.75, 3.05) is 13.1 Å². The molecule has 3 heterocycles. The average Bonchev–Trinajstić information content (AvgIpc) is 3.20. The van der Waals surface area contributed by atoms with Crippen LogP contribution in [0.15, 0.2) is 42.9 Å². The average molecular weight is 390 g/mol. The molecule has 146 valence electrons. The molecule has 9 heteroatoms. The Balaban J connectivity index is 1.47. The molecule has 2 aromatic rings. The van der Waals surface area contributed by atoms with Gasteiger partial charge < -0.3 is 9.74 Å². The van der Waals surface area contributed by atoms with E-state index >= 15 is 0 Å². The van der Waals surface area contributed by atoms with E-state index in [1.807, 2.05) is 0 Å². The lowest BCUT2D eigenvalue weighted by Crippen LogP contribution is -2.50. The summed E-state index contributed by atoms with van der Waals surface area (Å²) in [5.74, 6) is -2.61. The third-order valence-corrected chi connectivity index (χ3v) is 4.80. The van der Waals surface area contributed by atoms with E-state index < -0.39 is 17.5 Å². The minimum absolute atomic E-state index is 0.0975. The molecule has 2 aliphatic rings. The van der Waals surface area contributed by atoms with Crippen molar-refractivity contribution < 1.29 is 22.8 Å². The number of rotatable bonds is 3. The van der Waals surface area contributed by atoms with Crippen LogP contribution < -0.4 is 5.59 Å². The Morgan fingerprint density at radius 3 is 2.82 bits per heavy atom. The number of amides is 1. The highest BCUT2D eigenvalue weighted by Crippen LogP contribution is 2.26. The third kappa shape index (κ3) is 3.53. The zero-order valence-electron chi connectivity index (χ0n) is 14.7. The molecule has 1 fully saturated rings. The highest BCUT2D eigenvalue weighted by Gasteiger charge is 2.31. The Labute approximate surface area is 159 Å². The minimum atomic E-state index is -1.05. The van der Waals surface area contributed by atoms with Gasteiger partial charge in [-0.3, -0.25) is 14.8 Å². The van der Waals surface area contributed by atoms with E-state index in [4.69, 9.17) is 4.84 Å². The quantitative estimate of drug-likeness (QED) is 0.874. The summed E-state index contributed by atoms with van der Waals surface area (Å²) in [6, 6.07) is 4.50. The second-order valence-corrected chi connectivity index (χ2v) is 6.63. The number of pyridine rings is 1. The SMILES string of the molecule is O=C(c1ccc(F)c(F)c1)N1CCC[C@H](N2C=C(c3ccncc3F)ON2)C1. The maximum absolute atomic E-state index is 13.9. The van der Waals surface area contributed by atoms with Gasteiger partial charge in [0.15, 0.2) is 23.2 Å². The molecule has 4 rings (SSSR count). The molecule has 6 nitrogen and oxygen atoms in total. The van der Waals surface area contributed by atoms with E-state index in [0.717, 1.165) is 31.2 Å². The number of hydrogen-bond donors (Lipinski definition) is 1. The fourth-order valence-electron chi connectivity index (χ4n) is 3.34. The highest BCUT2D eigenvalue weighted by molar-refractivity contribution is 5.94. The summed E-state index contributed by atoms with van der Waals surface area (Å²) in [5, 5.41) is 1.68. The van der Waals surface area contributed by atoms with Crippen LogP contribution in [0.1, 0.15) is 28.8 Å². The summed E-state index contributed by atoms with van der Waals surface area (Å²) in [7, 11) is 0. The van der Waals surface area contributed by atoms with Gasteiger partial charge in [-0.2, -0.15) is 0 Å². The topological polar surface area (TPSA) is 57.7 Å². The van der Waals surface area contributed by atoms with E-state index in [1.54, 1.807) is 16.1 Å². The summed E-state index contributed by atoms with van der Waals surface area (Å²) in [6.45, 7) is 0.870. The number of likely N-dealkylation sites (tertiary alicyclic amines) is 1. The first-order valence-corrected chi connectivity index (χ1v) is 8.80. The first-order chi connectivity index (χ1) is 13.5. The molecule has 1 amide bonds. The number of nitrogens with zero attached hydrogens (tertiary/aromatic N) is 3. The van der Waals surface area contributed by atoms with E-state index in [9.17, 15) is 18.0 Å². The Kier molecular flexibility index (Phi) is 4.91. The Bertz CT molecular complexity index is 937. The molecule has 2 aliphatic heterocycles. The summed E-state index contributed by atoms with van der Waals surface area (Å²) in [5.41, 5.74) is 3.10. The number of carbonyl (C=O) groups excluding carboxylic acids is 1. The number of nitrogens with one attached hydrogen (secondary N) is 1. The smallest absolute Gasteiger partial charge is 0.254 e. The van der Waals surface area contributed by atoms with E-state index in [2.05, 4.69) is 10.6 Å². The van der Waals surface area contributed by atoms with Crippen LogP contribution in [0.2, 0.25) is 0 Å². The number of hydrazine groups is 1. The highest BCUT2D eigenvalue weighted by atomic mass is 19.2. The minimum Gasteiger partial charge on any atom is -0.387 e. The predicted molar refractivity (Wildman–Crippen MR) is 93.5 cm³/mol. The van der Waals surface area contributed by atoms with Crippen molar-refractivity contribution in [3.8, 4) is 0 Å². The van der Waals surface area contributed by atoms with Gasteiger partial charge in [0.05, 0.1) is 24.0 Å². The maximum Gasteiger partial charge on any atom is 0.254 e. The fourth-order valence-corrected chi connectivity index (χ4v) is 3.34. The van der Waals surface area contributed by atoms with Gasteiger partial charge in [-0.15, -0.1) is 0 Å². The van der Waals surface area contributed by atoms with Gasteiger partial charge in [0.2, 0.25) is 0 Å². The predicted octanol–water partition coefficient (Wildman–Crippen LogP) is 2.85. The van der Waals surface area contributed by atoms with Crippen molar-refractivity contribution in [1.29, 1.82) is 0 Å². The third-order valence-electron chi connectivity index (χ3n) is 4.80. The zero-order valence-corrected chi connectivity index (χ0v) is 14.7.